The second-order valence-corrected chi connectivity index (χ2v) is 15.7. The number of nitrogens with two attached hydrogens (primary N) is 1. The molecule has 0 saturated carbocycles. The highest BCUT2D eigenvalue weighted by Gasteiger charge is 2.36. The van der Waals surface area contributed by atoms with E-state index in [-0.39, 0.29) is 31.2 Å². The first-order valence-corrected chi connectivity index (χ1v) is 19.2. The third-order valence-corrected chi connectivity index (χ3v) is 11.7. The van der Waals surface area contributed by atoms with Gasteiger partial charge in [0.05, 0.1) is 17.1 Å². The number of carbonyl (C=O) groups is 2. The Bertz CT molecular complexity index is 1400. The third kappa shape index (κ3) is 12.3. The second kappa shape index (κ2) is 18.7. The van der Waals surface area contributed by atoms with Crippen molar-refractivity contribution in [3.05, 3.63) is 70.8 Å². The number of aliphatic hydroxyl groups excluding tert-OH is 1. The largest absolute Gasteiger partial charge is 0.445 e. The summed E-state index contributed by atoms with van der Waals surface area (Å²) in [7, 11) is -3.85. The first-order chi connectivity index (χ1) is 22.3. The summed E-state index contributed by atoms with van der Waals surface area (Å²) < 4.78 is 60.6. The molecule has 0 radical (unpaired) electrons. The summed E-state index contributed by atoms with van der Waals surface area (Å²) in [5.41, 5.74) is 8.25. The summed E-state index contributed by atoms with van der Waals surface area (Å²) in [5.74, 6) is -1.48. The second-order valence-electron chi connectivity index (χ2n) is 12.2. The lowest BCUT2D eigenvalue weighted by molar-refractivity contribution is -0.135. The number of hydrogen-bond donors (Lipinski definition) is 3. The third-order valence-electron chi connectivity index (χ3n) is 8.26. The number of amides is 2. The number of rotatable bonds is 18. The van der Waals surface area contributed by atoms with Crippen LogP contribution in [0, 0.1) is 11.6 Å². The lowest BCUT2D eigenvalue weighted by atomic mass is 10.0. The molecule has 2 amide bonds. The van der Waals surface area contributed by atoms with E-state index < -0.39 is 62.7 Å². The topological polar surface area (TPSA) is 139 Å². The van der Waals surface area contributed by atoms with E-state index in [2.05, 4.69) is 5.32 Å². The number of thioether (sulfide) groups is 1. The van der Waals surface area contributed by atoms with Crippen LogP contribution in [-0.2, 0) is 38.8 Å². The quantitative estimate of drug-likeness (QED) is 0.203. The van der Waals surface area contributed by atoms with Gasteiger partial charge in [0.15, 0.2) is 9.84 Å². The zero-order valence-corrected chi connectivity index (χ0v) is 29.1. The van der Waals surface area contributed by atoms with Crippen molar-refractivity contribution in [1.29, 1.82) is 0 Å². The van der Waals surface area contributed by atoms with Gasteiger partial charge in [-0.2, -0.15) is 11.8 Å². The minimum Gasteiger partial charge on any atom is -0.445 e. The molecular weight excluding hydrogens is 649 g/mol. The highest BCUT2D eigenvalue weighted by atomic mass is 32.2. The Hall–Kier alpha value is -2.74. The summed E-state index contributed by atoms with van der Waals surface area (Å²) in [6.07, 6.45) is 0.839. The van der Waals surface area contributed by atoms with E-state index in [0.29, 0.717) is 37.9 Å². The molecule has 1 saturated heterocycles. The summed E-state index contributed by atoms with van der Waals surface area (Å²) in [4.78, 5) is 28.7. The molecule has 9 nitrogen and oxygen atoms in total. The van der Waals surface area contributed by atoms with Crippen molar-refractivity contribution in [1.82, 2.24) is 10.2 Å². The van der Waals surface area contributed by atoms with Crippen LogP contribution in [0.5, 0.6) is 0 Å². The first-order valence-electron chi connectivity index (χ1n) is 16.4. The molecule has 1 aliphatic heterocycles. The number of nitrogens with one attached hydrogen (secondary N) is 1. The normalized spacial score (nSPS) is 16.9. The fraction of sp³-hybridized carbons (Fsp3) is 0.588. The Morgan fingerprint density at radius 2 is 1.72 bits per heavy atom. The summed E-state index contributed by atoms with van der Waals surface area (Å²) >= 11 is 1.64. The van der Waals surface area contributed by atoms with Gasteiger partial charge in [-0.1, -0.05) is 57.9 Å². The van der Waals surface area contributed by atoms with Crippen molar-refractivity contribution >= 4 is 33.6 Å². The van der Waals surface area contributed by atoms with Gasteiger partial charge in [0.25, 0.3) is 0 Å². The minimum absolute atomic E-state index is 0.00899. The molecule has 0 spiro atoms. The van der Waals surface area contributed by atoms with Crippen molar-refractivity contribution in [2.75, 3.05) is 23.8 Å². The predicted octanol–water partition coefficient (Wildman–Crippen LogP) is 4.77. The van der Waals surface area contributed by atoms with Crippen molar-refractivity contribution < 1.29 is 36.6 Å². The maximum absolute atomic E-state index is 14.3. The van der Waals surface area contributed by atoms with Gasteiger partial charge < -0.3 is 25.8 Å². The van der Waals surface area contributed by atoms with Crippen LogP contribution in [0.1, 0.15) is 69.6 Å². The van der Waals surface area contributed by atoms with E-state index in [9.17, 15) is 31.9 Å². The summed E-state index contributed by atoms with van der Waals surface area (Å²) in [6.45, 7) is 5.44. The average molecular weight is 698 g/mol. The number of aliphatic hydroxyl groups is 1. The van der Waals surface area contributed by atoms with E-state index in [1.165, 1.54) is 4.90 Å². The molecular formula is C34H49F2N3O6S2. The van der Waals surface area contributed by atoms with E-state index in [1.54, 1.807) is 11.8 Å². The molecule has 0 aromatic heterocycles. The fourth-order valence-electron chi connectivity index (χ4n) is 5.74. The molecule has 1 aliphatic rings. The van der Waals surface area contributed by atoms with Gasteiger partial charge in [0.2, 0.25) is 5.91 Å². The molecule has 2 aromatic rings. The van der Waals surface area contributed by atoms with Gasteiger partial charge in [0, 0.05) is 31.0 Å². The Morgan fingerprint density at radius 1 is 1.06 bits per heavy atom. The van der Waals surface area contributed by atoms with Crippen molar-refractivity contribution in [3.8, 4) is 0 Å². The monoisotopic (exact) mass is 697 g/mol. The summed E-state index contributed by atoms with van der Waals surface area (Å²) in [6, 6.07) is 7.97. The van der Waals surface area contributed by atoms with Gasteiger partial charge in [0.1, 0.15) is 23.8 Å². The highest BCUT2D eigenvalue weighted by molar-refractivity contribution is 7.99. The molecule has 13 heteroatoms. The Morgan fingerprint density at radius 3 is 2.32 bits per heavy atom. The molecule has 4 atom stereocenters. The van der Waals surface area contributed by atoms with Crippen molar-refractivity contribution in [3.63, 3.8) is 0 Å². The van der Waals surface area contributed by atoms with E-state index in [4.69, 9.17) is 10.5 Å². The number of carbonyl (C=O) groups excluding carboxylic acids is 2. The smallest absolute Gasteiger partial charge is 0.408 e. The number of benzene rings is 2. The zero-order valence-electron chi connectivity index (χ0n) is 27.5. The van der Waals surface area contributed by atoms with Gasteiger partial charge in [-0.3, -0.25) is 4.79 Å². The van der Waals surface area contributed by atoms with Crippen molar-refractivity contribution in [2.45, 2.75) is 102 Å². The molecule has 4 N–H and O–H groups in total. The molecule has 47 heavy (non-hydrogen) atoms. The molecule has 1 fully saturated rings. The maximum Gasteiger partial charge on any atom is 0.408 e. The number of hydrogen-bond acceptors (Lipinski definition) is 8. The van der Waals surface area contributed by atoms with Gasteiger partial charge >= 0.3 is 6.09 Å². The molecule has 1 heterocycles. The van der Waals surface area contributed by atoms with Crippen LogP contribution >= 0.6 is 11.8 Å². The number of ether oxygens (including phenoxy) is 1. The Kier molecular flexibility index (Phi) is 15.4. The van der Waals surface area contributed by atoms with E-state index >= 15 is 0 Å². The predicted molar refractivity (Wildman–Crippen MR) is 182 cm³/mol. The van der Waals surface area contributed by atoms with Crippen LogP contribution in [-0.4, -0.2) is 83.8 Å². The highest BCUT2D eigenvalue weighted by Crippen LogP contribution is 2.22. The standard InChI is InChI=1S/C34H49F2N3O6S2/c1-4-8-29(9-5-2)47(43,44)22-31(38-34(42)45-28-12-13-46-21-28)33(41)39(19-24-11-7-10-23(6-3)14-24)20-32(40)30(37)17-25-15-26(35)18-27(36)16-25/h7,10-11,14-16,18,28-32,40H,4-6,8-9,12-13,17,19-22,37H2,1-3H3,(H,38,42)/t28?,30-,31?,32+/m0/s1. The molecule has 3 rings (SSSR count). The van der Waals surface area contributed by atoms with Gasteiger partial charge in [-0.15, -0.1) is 0 Å². The Balaban J connectivity index is 1.93. The maximum atomic E-state index is 14.3. The number of sulfone groups is 1. The van der Waals surface area contributed by atoms with Crippen LogP contribution in [0.4, 0.5) is 13.6 Å². The fourth-order valence-corrected chi connectivity index (χ4v) is 8.99. The van der Waals surface area contributed by atoms with Crippen molar-refractivity contribution in [2.24, 2.45) is 5.73 Å². The van der Waals surface area contributed by atoms with E-state index in [1.807, 2.05) is 45.0 Å². The number of nitrogens with zero attached hydrogens (tertiary/aromatic N) is 1. The lowest BCUT2D eigenvalue weighted by Crippen LogP contribution is -2.55. The summed E-state index contributed by atoms with van der Waals surface area (Å²) in [5, 5.41) is 13.1. The zero-order chi connectivity index (χ0) is 34.6. The molecule has 0 bridgehead atoms. The number of halogens is 2. The van der Waals surface area contributed by atoms with Gasteiger partial charge in [-0.05, 0) is 66.7 Å². The average Bonchev–Trinajstić information content (AvgIpc) is 3.52. The van der Waals surface area contributed by atoms with Gasteiger partial charge in [-0.25, -0.2) is 22.0 Å². The Labute approximate surface area is 281 Å². The molecule has 0 aliphatic carbocycles. The van der Waals surface area contributed by atoms with E-state index in [0.717, 1.165) is 41.5 Å². The first kappa shape index (κ1) is 38.7. The number of alkyl carbamates (subject to hydrolysis) is 1. The minimum atomic E-state index is -3.85. The van der Waals surface area contributed by atoms with Crippen LogP contribution < -0.4 is 11.1 Å². The van der Waals surface area contributed by atoms with Crippen LogP contribution in [0.2, 0.25) is 0 Å². The lowest BCUT2D eigenvalue weighted by Gasteiger charge is -2.32. The van der Waals surface area contributed by atoms with Crippen LogP contribution in [0.25, 0.3) is 0 Å². The molecule has 2 aromatic carbocycles. The SMILES string of the molecule is CCCC(CCC)S(=O)(=O)CC(NC(=O)OC1CCSC1)C(=O)N(Cc1cccc(CC)c1)C[C@@H](O)[C@@H](N)Cc1cc(F)cc(F)c1. The number of aryl methyl sites for hydroxylation is 1. The molecule has 262 valence electrons. The van der Waals surface area contributed by atoms with Crippen LogP contribution in [0.15, 0.2) is 42.5 Å². The van der Waals surface area contributed by atoms with Crippen LogP contribution in [0.3, 0.4) is 0 Å². The molecule has 2 unspecified atom stereocenters.